The molecule has 1 heterocycles. The van der Waals surface area contributed by atoms with Crippen molar-refractivity contribution in [3.63, 3.8) is 0 Å². The van der Waals surface area contributed by atoms with E-state index in [1.165, 1.54) is 26.1 Å². The summed E-state index contributed by atoms with van der Waals surface area (Å²) in [5, 5.41) is 0. The van der Waals surface area contributed by atoms with Crippen LogP contribution in [0.15, 0.2) is 17.1 Å². The molecule has 4 N–H and O–H groups in total. The monoisotopic (exact) mass is 412 g/mol. The normalized spacial score (nSPS) is 25.4. The van der Waals surface area contributed by atoms with Crippen LogP contribution in [-0.4, -0.2) is 31.5 Å². The van der Waals surface area contributed by atoms with E-state index in [4.69, 9.17) is 11.5 Å². The van der Waals surface area contributed by atoms with Gasteiger partial charge in [-0.05, 0) is 41.6 Å². The molecule has 110 valence electrons. The van der Waals surface area contributed by atoms with E-state index in [1.54, 1.807) is 0 Å². The zero-order valence-corrected chi connectivity index (χ0v) is 13.9. The molecule has 6 nitrogen and oxygen atoms in total. The Morgan fingerprint density at radius 2 is 2.05 bits per heavy atom. The molecule has 2 rings (SSSR count). The molecule has 0 aromatic heterocycles. The van der Waals surface area contributed by atoms with Crippen molar-refractivity contribution in [2.24, 2.45) is 10.7 Å². The number of aliphatic imine (C=N–C) groups is 1. The summed E-state index contributed by atoms with van der Waals surface area (Å²) in [6.45, 7) is 1.52. The Balaban J connectivity index is 2.66. The molecule has 0 saturated heterocycles. The Morgan fingerprint density at radius 1 is 1.45 bits per heavy atom. The highest BCUT2D eigenvalue weighted by molar-refractivity contribution is 14.1. The van der Waals surface area contributed by atoms with Crippen molar-refractivity contribution in [3.05, 3.63) is 27.1 Å². The number of anilines is 1. The second-order valence-corrected chi connectivity index (χ2v) is 7.98. The summed E-state index contributed by atoms with van der Waals surface area (Å²) >= 11 is 1.90. The Hall–Kier alpha value is -1.10. The highest BCUT2D eigenvalue weighted by Crippen LogP contribution is 2.35. The van der Waals surface area contributed by atoms with Crippen molar-refractivity contribution in [3.8, 4) is 0 Å². The van der Waals surface area contributed by atoms with E-state index < -0.39 is 21.4 Å². The summed E-state index contributed by atoms with van der Waals surface area (Å²) < 4.78 is 39.7. The van der Waals surface area contributed by atoms with Gasteiger partial charge in [0.25, 0.3) is 0 Å². The van der Waals surface area contributed by atoms with Gasteiger partial charge in [-0.25, -0.2) is 22.1 Å². The fraction of sp³-hybridized carbons (Fsp3) is 0.364. The molecule has 1 aliphatic heterocycles. The minimum atomic E-state index is -3.64. The van der Waals surface area contributed by atoms with Crippen molar-refractivity contribution in [1.29, 1.82) is 0 Å². The first-order valence-electron chi connectivity index (χ1n) is 5.64. The Bertz CT molecular complexity index is 707. The van der Waals surface area contributed by atoms with Gasteiger partial charge in [0, 0.05) is 21.9 Å². The third-order valence-electron chi connectivity index (χ3n) is 3.23. The van der Waals surface area contributed by atoms with Crippen LogP contribution in [0.4, 0.5) is 10.1 Å². The lowest BCUT2D eigenvalue weighted by Crippen LogP contribution is -2.50. The lowest BCUT2D eigenvalue weighted by atomic mass is 9.93. The van der Waals surface area contributed by atoms with Crippen molar-refractivity contribution in [2.75, 3.05) is 18.5 Å². The smallest absolute Gasteiger partial charge is 0.239 e. The van der Waals surface area contributed by atoms with Crippen LogP contribution >= 0.6 is 22.6 Å². The summed E-state index contributed by atoms with van der Waals surface area (Å²) in [6, 6.07) is 2.67. The maximum absolute atomic E-state index is 14.2. The molecule has 0 bridgehead atoms. The molecule has 0 unspecified atom stereocenters. The van der Waals surface area contributed by atoms with Crippen molar-refractivity contribution >= 4 is 44.3 Å². The zero-order valence-electron chi connectivity index (χ0n) is 10.9. The third-order valence-corrected chi connectivity index (χ3v) is 6.11. The number of sulfonamides is 1. The number of benzene rings is 1. The van der Waals surface area contributed by atoms with Crippen molar-refractivity contribution in [1.82, 2.24) is 4.31 Å². The van der Waals surface area contributed by atoms with E-state index in [2.05, 4.69) is 4.99 Å². The highest BCUT2D eigenvalue weighted by atomic mass is 127. The molecule has 1 atom stereocenters. The van der Waals surface area contributed by atoms with Gasteiger partial charge in [0.2, 0.25) is 16.0 Å². The van der Waals surface area contributed by atoms with Crippen molar-refractivity contribution in [2.45, 2.75) is 12.5 Å². The van der Waals surface area contributed by atoms with Gasteiger partial charge >= 0.3 is 0 Å². The molecule has 1 aromatic rings. The molecule has 0 amide bonds. The van der Waals surface area contributed by atoms with E-state index in [-0.39, 0.29) is 17.3 Å². The van der Waals surface area contributed by atoms with E-state index in [0.717, 1.165) is 4.31 Å². The predicted octanol–water partition coefficient (Wildman–Crippen LogP) is 0.818. The lowest BCUT2D eigenvalue weighted by Gasteiger charge is -2.34. The number of nitrogen functional groups attached to an aromatic ring is 1. The molecule has 1 aromatic carbocycles. The number of hydrogen-bond donors (Lipinski definition) is 2. The fourth-order valence-electron chi connectivity index (χ4n) is 2.07. The summed E-state index contributed by atoms with van der Waals surface area (Å²) in [7, 11) is -2.33. The molecule has 0 saturated carbocycles. The maximum Gasteiger partial charge on any atom is 0.239 e. The minimum absolute atomic E-state index is 0.120. The van der Waals surface area contributed by atoms with Crippen LogP contribution in [0, 0.1) is 9.39 Å². The van der Waals surface area contributed by atoms with Gasteiger partial charge in [0.05, 0.1) is 5.75 Å². The quantitative estimate of drug-likeness (QED) is 0.527. The average Bonchev–Trinajstić information content (AvgIpc) is 2.30. The maximum atomic E-state index is 14.2. The summed E-state index contributed by atoms with van der Waals surface area (Å²) in [6.07, 6.45) is 0. The number of hydrogen-bond acceptors (Lipinski definition) is 5. The predicted molar refractivity (Wildman–Crippen MR) is 84.1 cm³/mol. The second-order valence-electron chi connectivity index (χ2n) is 4.82. The number of halogens is 2. The first kappa shape index (κ1) is 15.3. The topological polar surface area (TPSA) is 102 Å². The van der Waals surface area contributed by atoms with Crippen LogP contribution in [-0.2, 0) is 15.6 Å². The SMILES string of the molecule is CN1C(N)=N[C@](C)(c2cc(N)c(I)cc2F)CS1(=O)=O. The first-order chi connectivity index (χ1) is 9.07. The van der Waals surface area contributed by atoms with E-state index in [0.29, 0.717) is 9.26 Å². The molecular formula is C11H14FIN4O2S. The van der Waals surface area contributed by atoms with E-state index >= 15 is 0 Å². The van der Waals surface area contributed by atoms with Crippen LogP contribution in [0.1, 0.15) is 12.5 Å². The van der Waals surface area contributed by atoms with Gasteiger partial charge in [-0.3, -0.25) is 0 Å². The average molecular weight is 412 g/mol. The van der Waals surface area contributed by atoms with E-state index in [1.807, 2.05) is 22.6 Å². The van der Waals surface area contributed by atoms with Crippen molar-refractivity contribution < 1.29 is 12.8 Å². The first-order valence-corrected chi connectivity index (χ1v) is 8.32. The van der Waals surface area contributed by atoms with Gasteiger partial charge in [-0.2, -0.15) is 0 Å². The number of nitrogens with zero attached hydrogens (tertiary/aromatic N) is 2. The largest absolute Gasteiger partial charge is 0.398 e. The molecule has 0 spiro atoms. The van der Waals surface area contributed by atoms with Crippen LogP contribution in [0.3, 0.4) is 0 Å². The molecular weight excluding hydrogens is 398 g/mol. The minimum Gasteiger partial charge on any atom is -0.398 e. The second kappa shape index (κ2) is 4.72. The molecule has 1 aliphatic rings. The third kappa shape index (κ3) is 2.43. The molecule has 0 aliphatic carbocycles. The Morgan fingerprint density at radius 3 is 2.60 bits per heavy atom. The Kier molecular flexibility index (Phi) is 3.61. The van der Waals surface area contributed by atoms with Crippen LogP contribution in [0.2, 0.25) is 0 Å². The van der Waals surface area contributed by atoms with Crippen LogP contribution < -0.4 is 11.5 Å². The standard InChI is InChI=1S/C11H14FIN4O2S/c1-11(5-20(18,19)17(2)10(15)16-11)6-3-9(14)8(13)4-7(6)12/h3-4H,5,14H2,1-2H3,(H2,15,16)/t11-/m0/s1. The molecule has 20 heavy (non-hydrogen) atoms. The highest BCUT2D eigenvalue weighted by Gasteiger charge is 2.41. The number of nitrogens with two attached hydrogens (primary N) is 2. The molecule has 0 radical (unpaired) electrons. The number of rotatable bonds is 1. The fourth-order valence-corrected chi connectivity index (χ4v) is 3.95. The molecule has 0 fully saturated rings. The summed E-state index contributed by atoms with van der Waals surface area (Å²) in [5.41, 5.74) is 10.6. The summed E-state index contributed by atoms with van der Waals surface area (Å²) in [5.74, 6) is -1.09. The summed E-state index contributed by atoms with van der Waals surface area (Å²) in [4.78, 5) is 4.14. The van der Waals surface area contributed by atoms with Gasteiger partial charge in [-0.15, -0.1) is 0 Å². The number of guanidine groups is 1. The lowest BCUT2D eigenvalue weighted by molar-refractivity contribution is 0.458. The van der Waals surface area contributed by atoms with Crippen LogP contribution in [0.25, 0.3) is 0 Å². The van der Waals surface area contributed by atoms with Gasteiger partial charge in [0.1, 0.15) is 11.4 Å². The van der Waals surface area contributed by atoms with Crippen LogP contribution in [0.5, 0.6) is 0 Å². The molecule has 9 heteroatoms. The van der Waals surface area contributed by atoms with Gasteiger partial charge < -0.3 is 11.5 Å². The van der Waals surface area contributed by atoms with Gasteiger partial charge in [-0.1, -0.05) is 0 Å². The zero-order chi connectivity index (χ0) is 15.3. The van der Waals surface area contributed by atoms with Gasteiger partial charge in [0.15, 0.2) is 0 Å². The van der Waals surface area contributed by atoms with E-state index in [9.17, 15) is 12.8 Å². The Labute approximate surface area is 130 Å².